The van der Waals surface area contributed by atoms with E-state index in [1.54, 1.807) is 13.0 Å². The SMILES string of the molecule is CCOC(=O)/C(C#N)=C/NNc1ccc(C)cc1. The molecule has 2 N–H and O–H groups in total. The summed E-state index contributed by atoms with van der Waals surface area (Å²) < 4.78 is 4.72. The minimum absolute atomic E-state index is 0.0866. The normalized spacial score (nSPS) is 10.4. The summed E-state index contributed by atoms with van der Waals surface area (Å²) >= 11 is 0. The van der Waals surface area contributed by atoms with Gasteiger partial charge in [-0.1, -0.05) is 17.7 Å². The summed E-state index contributed by atoms with van der Waals surface area (Å²) in [5.74, 6) is -0.641. The molecule has 1 rings (SSSR count). The summed E-state index contributed by atoms with van der Waals surface area (Å²) in [6, 6.07) is 9.43. The number of anilines is 1. The molecular weight excluding hydrogens is 230 g/mol. The van der Waals surface area contributed by atoms with Crippen LogP contribution in [-0.2, 0) is 9.53 Å². The van der Waals surface area contributed by atoms with Gasteiger partial charge < -0.3 is 15.6 Å². The maximum atomic E-state index is 11.3. The highest BCUT2D eigenvalue weighted by molar-refractivity contribution is 5.92. The van der Waals surface area contributed by atoms with Gasteiger partial charge in [-0.25, -0.2) is 4.79 Å². The monoisotopic (exact) mass is 245 g/mol. The van der Waals surface area contributed by atoms with Crippen LogP contribution >= 0.6 is 0 Å². The molecule has 0 unspecified atom stereocenters. The van der Waals surface area contributed by atoms with E-state index in [2.05, 4.69) is 10.9 Å². The molecule has 1 aromatic rings. The van der Waals surface area contributed by atoms with E-state index in [1.165, 1.54) is 6.20 Å². The lowest BCUT2D eigenvalue weighted by atomic mass is 10.2. The lowest BCUT2D eigenvalue weighted by Crippen LogP contribution is -2.17. The number of ether oxygens (including phenoxy) is 1. The minimum atomic E-state index is -0.641. The Morgan fingerprint density at radius 1 is 1.44 bits per heavy atom. The van der Waals surface area contributed by atoms with E-state index in [4.69, 9.17) is 10.00 Å². The molecule has 0 saturated heterocycles. The zero-order valence-corrected chi connectivity index (χ0v) is 10.4. The van der Waals surface area contributed by atoms with Crippen molar-refractivity contribution in [2.45, 2.75) is 13.8 Å². The maximum Gasteiger partial charge on any atom is 0.350 e. The van der Waals surface area contributed by atoms with Gasteiger partial charge in [-0.2, -0.15) is 5.26 Å². The van der Waals surface area contributed by atoms with E-state index in [9.17, 15) is 4.79 Å². The molecule has 0 aromatic heterocycles. The molecule has 0 bridgehead atoms. The Labute approximate surface area is 106 Å². The molecule has 0 saturated carbocycles. The van der Waals surface area contributed by atoms with Crippen LogP contribution in [0.5, 0.6) is 0 Å². The Morgan fingerprint density at radius 3 is 2.67 bits per heavy atom. The summed E-state index contributed by atoms with van der Waals surface area (Å²) in [6.45, 7) is 3.92. The topological polar surface area (TPSA) is 74.2 Å². The van der Waals surface area contributed by atoms with E-state index < -0.39 is 5.97 Å². The van der Waals surface area contributed by atoms with Gasteiger partial charge in [-0.15, -0.1) is 0 Å². The van der Waals surface area contributed by atoms with Crippen LogP contribution in [-0.4, -0.2) is 12.6 Å². The van der Waals surface area contributed by atoms with E-state index in [-0.39, 0.29) is 12.2 Å². The lowest BCUT2D eigenvalue weighted by Gasteiger charge is -2.06. The highest BCUT2D eigenvalue weighted by atomic mass is 16.5. The fourth-order valence-electron chi connectivity index (χ4n) is 1.17. The van der Waals surface area contributed by atoms with Gasteiger partial charge in [0.2, 0.25) is 0 Å². The number of benzene rings is 1. The van der Waals surface area contributed by atoms with Crippen molar-refractivity contribution in [3.8, 4) is 6.07 Å². The van der Waals surface area contributed by atoms with Gasteiger partial charge in [0, 0.05) is 6.20 Å². The van der Waals surface area contributed by atoms with Crippen LogP contribution in [0, 0.1) is 18.3 Å². The molecule has 0 heterocycles. The second kappa shape index (κ2) is 6.97. The first-order chi connectivity index (χ1) is 8.67. The summed E-state index contributed by atoms with van der Waals surface area (Å²) in [5, 5.41) is 8.77. The smallest absolute Gasteiger partial charge is 0.350 e. The zero-order chi connectivity index (χ0) is 13.4. The Bertz CT molecular complexity index is 472. The van der Waals surface area contributed by atoms with Gasteiger partial charge in [0.15, 0.2) is 5.57 Å². The van der Waals surface area contributed by atoms with E-state index in [0.717, 1.165) is 11.3 Å². The van der Waals surface area contributed by atoms with Gasteiger partial charge in [0.05, 0.1) is 12.3 Å². The van der Waals surface area contributed by atoms with Crippen molar-refractivity contribution in [2.75, 3.05) is 12.0 Å². The summed E-state index contributed by atoms with van der Waals surface area (Å²) in [5.41, 5.74) is 7.42. The van der Waals surface area contributed by atoms with Gasteiger partial charge in [-0.05, 0) is 26.0 Å². The van der Waals surface area contributed by atoms with Crippen LogP contribution in [0.2, 0.25) is 0 Å². The number of nitrogens with zero attached hydrogens (tertiary/aromatic N) is 1. The molecule has 18 heavy (non-hydrogen) atoms. The third kappa shape index (κ3) is 4.18. The molecule has 94 valence electrons. The number of hydrogen-bond donors (Lipinski definition) is 2. The predicted octanol–water partition coefficient (Wildman–Crippen LogP) is 1.88. The van der Waals surface area contributed by atoms with Crippen molar-refractivity contribution in [2.24, 2.45) is 0 Å². The summed E-state index contributed by atoms with van der Waals surface area (Å²) in [6.07, 6.45) is 1.28. The number of carbonyl (C=O) groups is 1. The zero-order valence-electron chi connectivity index (χ0n) is 10.4. The average molecular weight is 245 g/mol. The van der Waals surface area contributed by atoms with Crippen molar-refractivity contribution >= 4 is 11.7 Å². The highest BCUT2D eigenvalue weighted by Crippen LogP contribution is 2.07. The Hall–Kier alpha value is -2.48. The van der Waals surface area contributed by atoms with Crippen LogP contribution in [0.1, 0.15) is 12.5 Å². The molecular formula is C13H15N3O2. The first-order valence-corrected chi connectivity index (χ1v) is 5.53. The average Bonchev–Trinajstić information content (AvgIpc) is 2.37. The van der Waals surface area contributed by atoms with Crippen LogP contribution in [0.4, 0.5) is 5.69 Å². The third-order valence-corrected chi connectivity index (χ3v) is 2.10. The maximum absolute atomic E-state index is 11.3. The van der Waals surface area contributed by atoms with E-state index >= 15 is 0 Å². The van der Waals surface area contributed by atoms with Crippen molar-refractivity contribution in [3.05, 3.63) is 41.6 Å². The summed E-state index contributed by atoms with van der Waals surface area (Å²) in [7, 11) is 0. The number of hydrogen-bond acceptors (Lipinski definition) is 5. The molecule has 0 atom stereocenters. The van der Waals surface area contributed by atoms with Crippen molar-refractivity contribution in [3.63, 3.8) is 0 Å². The number of esters is 1. The Morgan fingerprint density at radius 2 is 2.11 bits per heavy atom. The quantitative estimate of drug-likeness (QED) is 0.358. The van der Waals surface area contributed by atoms with Crippen LogP contribution < -0.4 is 10.9 Å². The van der Waals surface area contributed by atoms with E-state index in [0.29, 0.717) is 0 Å². The molecule has 0 fully saturated rings. The highest BCUT2D eigenvalue weighted by Gasteiger charge is 2.08. The molecule has 0 amide bonds. The van der Waals surface area contributed by atoms with Crippen LogP contribution in [0.25, 0.3) is 0 Å². The molecule has 1 aromatic carbocycles. The van der Waals surface area contributed by atoms with Gasteiger partial charge in [0.1, 0.15) is 6.07 Å². The number of nitrogens with one attached hydrogen (secondary N) is 2. The van der Waals surface area contributed by atoms with Gasteiger partial charge in [-0.3, -0.25) is 0 Å². The number of hydrazine groups is 1. The standard InChI is InChI=1S/C13H15N3O2/c1-3-18-13(17)11(8-14)9-15-16-12-6-4-10(2)5-7-12/h4-7,9,15-16H,3H2,1-2H3/b11-9+. The minimum Gasteiger partial charge on any atom is -0.462 e. The summed E-state index contributed by atoms with van der Waals surface area (Å²) in [4.78, 5) is 11.3. The first kappa shape index (κ1) is 13.6. The molecule has 0 aliphatic heterocycles. The molecule has 0 radical (unpaired) electrons. The second-order valence-corrected chi connectivity index (χ2v) is 3.53. The van der Waals surface area contributed by atoms with Crippen molar-refractivity contribution < 1.29 is 9.53 Å². The molecule has 5 nitrogen and oxygen atoms in total. The lowest BCUT2D eigenvalue weighted by molar-refractivity contribution is -0.138. The molecule has 5 heteroatoms. The number of rotatable bonds is 5. The van der Waals surface area contributed by atoms with Crippen LogP contribution in [0.3, 0.4) is 0 Å². The largest absolute Gasteiger partial charge is 0.462 e. The van der Waals surface area contributed by atoms with Crippen molar-refractivity contribution in [1.29, 1.82) is 5.26 Å². The number of nitriles is 1. The predicted molar refractivity (Wildman–Crippen MR) is 68.3 cm³/mol. The molecule has 0 aliphatic carbocycles. The second-order valence-electron chi connectivity index (χ2n) is 3.53. The van der Waals surface area contributed by atoms with Crippen LogP contribution in [0.15, 0.2) is 36.0 Å². The third-order valence-electron chi connectivity index (χ3n) is 2.10. The van der Waals surface area contributed by atoms with Crippen molar-refractivity contribution in [1.82, 2.24) is 5.43 Å². The molecule has 0 spiro atoms. The molecule has 0 aliphatic rings. The number of carbonyl (C=O) groups excluding carboxylic acids is 1. The Balaban J connectivity index is 2.55. The fourth-order valence-corrected chi connectivity index (χ4v) is 1.17. The Kier molecular flexibility index (Phi) is 5.26. The number of aryl methyl sites for hydroxylation is 1. The van der Waals surface area contributed by atoms with Gasteiger partial charge in [0.25, 0.3) is 0 Å². The fraction of sp³-hybridized carbons (Fsp3) is 0.231. The van der Waals surface area contributed by atoms with E-state index in [1.807, 2.05) is 31.2 Å². The first-order valence-electron chi connectivity index (χ1n) is 5.53. The van der Waals surface area contributed by atoms with Gasteiger partial charge >= 0.3 is 5.97 Å².